The van der Waals surface area contributed by atoms with Gasteiger partial charge in [-0.15, -0.1) is 0 Å². The van der Waals surface area contributed by atoms with E-state index in [-0.39, 0.29) is 12.3 Å². The second-order valence-corrected chi connectivity index (χ2v) is 6.76. The number of amides is 1. The van der Waals surface area contributed by atoms with Crippen LogP contribution in [0, 0.1) is 0 Å². The van der Waals surface area contributed by atoms with Crippen molar-refractivity contribution in [2.75, 3.05) is 0 Å². The zero-order valence-electron chi connectivity index (χ0n) is 15.0. The number of benzene rings is 2. The predicted octanol–water partition coefficient (Wildman–Crippen LogP) is 4.64. The van der Waals surface area contributed by atoms with Crippen molar-refractivity contribution in [3.05, 3.63) is 95.5 Å². The molecule has 0 unspecified atom stereocenters. The molecule has 0 fully saturated rings. The molecule has 140 valence electrons. The largest absolute Gasteiger partial charge is 0.467 e. The van der Waals surface area contributed by atoms with Crippen molar-refractivity contribution in [1.29, 1.82) is 0 Å². The van der Waals surface area contributed by atoms with Gasteiger partial charge in [0.25, 0.3) is 0 Å². The molecule has 0 aliphatic carbocycles. The molecule has 2 aromatic carbocycles. The van der Waals surface area contributed by atoms with Gasteiger partial charge in [0, 0.05) is 22.3 Å². The zero-order valence-corrected chi connectivity index (χ0v) is 15.8. The number of nitrogens with zero attached hydrogens (tertiary/aromatic N) is 2. The SMILES string of the molecule is O=C(Cc1cn(-c2ccccc2)nc1-c1ccc(Cl)cc1)NCc1ccco1. The Kier molecular flexibility index (Phi) is 5.26. The lowest BCUT2D eigenvalue weighted by Crippen LogP contribution is -2.24. The summed E-state index contributed by atoms with van der Waals surface area (Å²) in [6.45, 7) is 0.356. The Morgan fingerprint density at radius 1 is 1.04 bits per heavy atom. The number of para-hydroxylation sites is 1. The van der Waals surface area contributed by atoms with Crippen molar-refractivity contribution < 1.29 is 9.21 Å². The van der Waals surface area contributed by atoms with E-state index in [9.17, 15) is 4.79 Å². The van der Waals surface area contributed by atoms with Gasteiger partial charge in [0.15, 0.2) is 0 Å². The lowest BCUT2D eigenvalue weighted by Gasteiger charge is -2.04. The van der Waals surface area contributed by atoms with Gasteiger partial charge < -0.3 is 9.73 Å². The van der Waals surface area contributed by atoms with E-state index in [1.54, 1.807) is 17.0 Å². The molecule has 0 atom stereocenters. The lowest BCUT2D eigenvalue weighted by atomic mass is 10.1. The van der Waals surface area contributed by atoms with Crippen molar-refractivity contribution in [2.45, 2.75) is 13.0 Å². The summed E-state index contributed by atoms with van der Waals surface area (Å²) in [5.74, 6) is 0.616. The maximum Gasteiger partial charge on any atom is 0.224 e. The van der Waals surface area contributed by atoms with Gasteiger partial charge in [0.2, 0.25) is 5.91 Å². The van der Waals surface area contributed by atoms with Gasteiger partial charge >= 0.3 is 0 Å². The van der Waals surface area contributed by atoms with Gasteiger partial charge in [0.05, 0.1) is 30.6 Å². The van der Waals surface area contributed by atoms with Crippen molar-refractivity contribution in [3.63, 3.8) is 0 Å². The van der Waals surface area contributed by atoms with E-state index in [2.05, 4.69) is 5.32 Å². The van der Waals surface area contributed by atoms with Crippen LogP contribution >= 0.6 is 11.6 Å². The fourth-order valence-electron chi connectivity index (χ4n) is 2.94. The third-order valence-corrected chi connectivity index (χ3v) is 4.57. The van der Waals surface area contributed by atoms with Crippen LogP contribution in [-0.2, 0) is 17.8 Å². The summed E-state index contributed by atoms with van der Waals surface area (Å²) in [4.78, 5) is 12.5. The van der Waals surface area contributed by atoms with Crippen molar-refractivity contribution in [3.8, 4) is 16.9 Å². The minimum absolute atomic E-state index is 0.0979. The molecule has 0 radical (unpaired) electrons. The Balaban J connectivity index is 1.61. The van der Waals surface area contributed by atoms with Crippen LogP contribution in [0.2, 0.25) is 5.02 Å². The summed E-state index contributed by atoms with van der Waals surface area (Å²) < 4.78 is 7.05. The second-order valence-electron chi connectivity index (χ2n) is 6.32. The summed E-state index contributed by atoms with van der Waals surface area (Å²) in [5.41, 5.74) is 3.43. The first-order valence-electron chi connectivity index (χ1n) is 8.88. The van der Waals surface area contributed by atoms with Gasteiger partial charge in [-0.3, -0.25) is 4.79 Å². The Morgan fingerprint density at radius 3 is 2.54 bits per heavy atom. The number of nitrogens with one attached hydrogen (secondary N) is 1. The number of aromatic nitrogens is 2. The highest BCUT2D eigenvalue weighted by molar-refractivity contribution is 6.30. The summed E-state index contributed by atoms with van der Waals surface area (Å²) in [7, 11) is 0. The highest BCUT2D eigenvalue weighted by atomic mass is 35.5. The molecule has 0 spiro atoms. The highest BCUT2D eigenvalue weighted by Gasteiger charge is 2.15. The van der Waals surface area contributed by atoms with Crippen LogP contribution in [0.3, 0.4) is 0 Å². The van der Waals surface area contributed by atoms with Gasteiger partial charge in [-0.1, -0.05) is 41.9 Å². The molecular formula is C22H18ClN3O2. The molecule has 4 aromatic rings. The molecule has 6 heteroatoms. The first-order valence-corrected chi connectivity index (χ1v) is 9.26. The summed E-state index contributed by atoms with van der Waals surface area (Å²) in [6, 6.07) is 20.9. The molecule has 0 saturated heterocycles. The molecule has 2 aromatic heterocycles. The molecular weight excluding hydrogens is 374 g/mol. The maximum absolute atomic E-state index is 12.5. The van der Waals surface area contributed by atoms with Crippen LogP contribution in [0.5, 0.6) is 0 Å². The number of hydrogen-bond donors (Lipinski definition) is 1. The van der Waals surface area contributed by atoms with E-state index in [0.29, 0.717) is 17.3 Å². The van der Waals surface area contributed by atoms with E-state index in [1.807, 2.05) is 66.9 Å². The third-order valence-electron chi connectivity index (χ3n) is 4.32. The summed E-state index contributed by atoms with van der Waals surface area (Å²) in [5, 5.41) is 8.25. The number of hydrogen-bond acceptors (Lipinski definition) is 3. The number of carbonyl (C=O) groups is 1. The van der Waals surface area contributed by atoms with Gasteiger partial charge in [-0.2, -0.15) is 5.10 Å². The van der Waals surface area contributed by atoms with Crippen LogP contribution < -0.4 is 5.32 Å². The van der Waals surface area contributed by atoms with Gasteiger partial charge in [-0.25, -0.2) is 4.68 Å². The first-order chi connectivity index (χ1) is 13.7. The molecule has 5 nitrogen and oxygen atoms in total. The molecule has 0 bridgehead atoms. The predicted molar refractivity (Wildman–Crippen MR) is 108 cm³/mol. The topological polar surface area (TPSA) is 60.1 Å². The van der Waals surface area contributed by atoms with Crippen LogP contribution in [-0.4, -0.2) is 15.7 Å². The second kappa shape index (κ2) is 8.15. The number of furan rings is 1. The monoisotopic (exact) mass is 391 g/mol. The van der Waals surface area contributed by atoms with E-state index in [4.69, 9.17) is 21.1 Å². The number of carbonyl (C=O) groups excluding carboxylic acids is 1. The Hall–Kier alpha value is -3.31. The Morgan fingerprint density at radius 2 is 1.82 bits per heavy atom. The normalized spacial score (nSPS) is 10.8. The average Bonchev–Trinajstić information content (AvgIpc) is 3.38. The molecule has 28 heavy (non-hydrogen) atoms. The smallest absolute Gasteiger partial charge is 0.224 e. The maximum atomic E-state index is 12.5. The quantitative estimate of drug-likeness (QED) is 0.520. The fraction of sp³-hybridized carbons (Fsp3) is 0.0909. The van der Waals surface area contributed by atoms with Crippen molar-refractivity contribution in [2.24, 2.45) is 0 Å². The fourth-order valence-corrected chi connectivity index (χ4v) is 3.06. The van der Waals surface area contributed by atoms with E-state index >= 15 is 0 Å². The zero-order chi connectivity index (χ0) is 19.3. The molecule has 4 rings (SSSR count). The van der Waals surface area contributed by atoms with Crippen LogP contribution in [0.25, 0.3) is 16.9 Å². The molecule has 2 heterocycles. The Labute approximate surface area is 167 Å². The van der Waals surface area contributed by atoms with Gasteiger partial charge in [-0.05, 0) is 36.4 Å². The lowest BCUT2D eigenvalue weighted by molar-refractivity contribution is -0.120. The van der Waals surface area contributed by atoms with E-state index in [0.717, 1.165) is 22.5 Å². The third kappa shape index (κ3) is 4.15. The minimum atomic E-state index is -0.0979. The van der Waals surface area contributed by atoms with Crippen LogP contribution in [0.1, 0.15) is 11.3 Å². The number of rotatable bonds is 6. The van der Waals surface area contributed by atoms with Crippen molar-refractivity contribution >= 4 is 17.5 Å². The van der Waals surface area contributed by atoms with E-state index < -0.39 is 0 Å². The number of halogens is 1. The minimum Gasteiger partial charge on any atom is -0.467 e. The highest BCUT2D eigenvalue weighted by Crippen LogP contribution is 2.25. The summed E-state index contributed by atoms with van der Waals surface area (Å²) in [6.07, 6.45) is 3.70. The van der Waals surface area contributed by atoms with Crippen LogP contribution in [0.15, 0.2) is 83.6 Å². The molecule has 1 amide bonds. The standard InChI is InChI=1S/C22H18ClN3O2/c23-18-10-8-16(9-11-18)22-17(13-21(27)24-14-20-7-4-12-28-20)15-26(25-22)19-5-2-1-3-6-19/h1-12,15H,13-14H2,(H,24,27). The molecule has 0 aliphatic heterocycles. The summed E-state index contributed by atoms with van der Waals surface area (Å²) >= 11 is 6.02. The first kappa shape index (κ1) is 18.1. The molecule has 1 N–H and O–H groups in total. The van der Waals surface area contributed by atoms with E-state index in [1.165, 1.54) is 0 Å². The van der Waals surface area contributed by atoms with Gasteiger partial charge in [0.1, 0.15) is 5.76 Å². The molecule has 0 aliphatic rings. The molecule has 0 saturated carbocycles. The average molecular weight is 392 g/mol. The van der Waals surface area contributed by atoms with Crippen molar-refractivity contribution in [1.82, 2.24) is 15.1 Å². The van der Waals surface area contributed by atoms with Crippen LogP contribution in [0.4, 0.5) is 0 Å². The Bertz CT molecular complexity index is 1060.